The van der Waals surface area contributed by atoms with Crippen molar-refractivity contribution in [3.63, 3.8) is 0 Å². The Morgan fingerprint density at radius 1 is 0.868 bits per heavy atom. The predicted octanol–water partition coefficient (Wildman–Crippen LogP) is 4.13. The van der Waals surface area contributed by atoms with Crippen LogP contribution in [0, 0.1) is 11.8 Å². The van der Waals surface area contributed by atoms with E-state index < -0.39 is 0 Å². The smallest absolute Gasteiger partial charge is 0.225 e. The molecule has 0 spiro atoms. The lowest BCUT2D eigenvalue weighted by molar-refractivity contribution is -0.138. The molecule has 2 N–H and O–H groups in total. The molecule has 38 heavy (non-hydrogen) atoms. The molecule has 1 aromatic carbocycles. The number of nitrogens with zero attached hydrogens (tertiary/aromatic N) is 5. The lowest BCUT2D eigenvalue weighted by Gasteiger charge is -2.37. The molecule has 0 saturated carbocycles. The Morgan fingerprint density at radius 3 is 2.32 bits per heavy atom. The summed E-state index contributed by atoms with van der Waals surface area (Å²) in [7, 11) is 0. The molecule has 2 aliphatic heterocycles. The van der Waals surface area contributed by atoms with Gasteiger partial charge in [0.2, 0.25) is 5.91 Å². The molecule has 2 saturated heterocycles. The highest BCUT2D eigenvalue weighted by atomic mass is 16.6. The van der Waals surface area contributed by atoms with Crippen LogP contribution >= 0.6 is 0 Å². The second-order valence-electron chi connectivity index (χ2n) is 10.2. The summed E-state index contributed by atoms with van der Waals surface area (Å²) in [6.07, 6.45) is 7.05. The summed E-state index contributed by atoms with van der Waals surface area (Å²) in [4.78, 5) is 32.2. The van der Waals surface area contributed by atoms with E-state index in [0.29, 0.717) is 18.3 Å². The average Bonchev–Trinajstić information content (AvgIpc) is 2.97. The Labute approximate surface area is 224 Å². The van der Waals surface area contributed by atoms with Crippen molar-refractivity contribution in [3.05, 3.63) is 89.9 Å². The standard InChI is InChI=1S/C30H36N6O2/c31-28-20-24(9-15-33-28)21-35-16-10-26(11-17-35)30(37)36-18-12-25(13-19-36)29(27-8-4-5-14-32-27)34-38-22-23-6-2-1-3-7-23/h1-9,14-15,20,25-26H,10-13,16-19,21-22H2,(H2,31,33)/b34-29+. The number of hydrogen-bond acceptors (Lipinski definition) is 7. The van der Waals surface area contributed by atoms with Crippen LogP contribution in [0.15, 0.2) is 78.2 Å². The molecule has 198 valence electrons. The molecule has 0 aliphatic carbocycles. The highest BCUT2D eigenvalue weighted by molar-refractivity contribution is 6.00. The molecule has 2 fully saturated rings. The van der Waals surface area contributed by atoms with Gasteiger partial charge < -0.3 is 15.5 Å². The number of oxime groups is 1. The molecule has 2 aromatic heterocycles. The average molecular weight is 513 g/mol. The van der Waals surface area contributed by atoms with Gasteiger partial charge in [0, 0.05) is 43.9 Å². The number of piperidine rings is 2. The molecule has 0 unspecified atom stereocenters. The van der Waals surface area contributed by atoms with Gasteiger partial charge in [-0.2, -0.15) is 0 Å². The maximum absolute atomic E-state index is 13.4. The first-order valence-corrected chi connectivity index (χ1v) is 13.5. The summed E-state index contributed by atoms with van der Waals surface area (Å²) < 4.78 is 0. The van der Waals surface area contributed by atoms with Gasteiger partial charge in [-0.25, -0.2) is 4.98 Å². The highest BCUT2D eigenvalue weighted by Crippen LogP contribution is 2.27. The molecular weight excluding hydrogens is 476 g/mol. The molecule has 5 rings (SSSR count). The summed E-state index contributed by atoms with van der Waals surface area (Å²) in [5, 5.41) is 4.55. The van der Waals surface area contributed by atoms with E-state index in [1.165, 1.54) is 5.56 Å². The summed E-state index contributed by atoms with van der Waals surface area (Å²) in [6, 6.07) is 19.8. The zero-order valence-corrected chi connectivity index (χ0v) is 21.8. The predicted molar refractivity (Wildman–Crippen MR) is 148 cm³/mol. The van der Waals surface area contributed by atoms with Gasteiger partial charge in [0.15, 0.2) is 0 Å². The maximum atomic E-state index is 13.4. The summed E-state index contributed by atoms with van der Waals surface area (Å²) in [5.74, 6) is 1.16. The van der Waals surface area contributed by atoms with E-state index in [1.54, 1.807) is 12.4 Å². The summed E-state index contributed by atoms with van der Waals surface area (Å²) in [5.41, 5.74) is 9.78. The van der Waals surface area contributed by atoms with Crippen LogP contribution in [0.2, 0.25) is 0 Å². The minimum atomic E-state index is 0.100. The van der Waals surface area contributed by atoms with E-state index >= 15 is 0 Å². The van der Waals surface area contributed by atoms with E-state index in [-0.39, 0.29) is 11.8 Å². The van der Waals surface area contributed by atoms with Crippen LogP contribution in [0.4, 0.5) is 5.82 Å². The van der Waals surface area contributed by atoms with Crippen molar-refractivity contribution in [1.82, 2.24) is 19.8 Å². The van der Waals surface area contributed by atoms with Gasteiger partial charge in [-0.3, -0.25) is 14.7 Å². The number of hydrogen-bond donors (Lipinski definition) is 1. The SMILES string of the molecule is Nc1cc(CN2CCC(C(=O)N3CCC(/C(=N\OCc4ccccc4)c4ccccn4)CC3)CC2)ccn1. The number of benzene rings is 1. The van der Waals surface area contributed by atoms with Gasteiger partial charge >= 0.3 is 0 Å². The number of nitrogens with two attached hydrogens (primary N) is 1. The third-order valence-electron chi connectivity index (χ3n) is 7.55. The number of amides is 1. The van der Waals surface area contributed by atoms with E-state index in [4.69, 9.17) is 10.6 Å². The summed E-state index contributed by atoms with van der Waals surface area (Å²) in [6.45, 7) is 4.59. The Bertz CT molecular complexity index is 1200. The zero-order chi connectivity index (χ0) is 26.2. The van der Waals surface area contributed by atoms with Gasteiger partial charge in [0.1, 0.15) is 18.1 Å². The van der Waals surface area contributed by atoms with Crippen LogP contribution in [-0.2, 0) is 22.8 Å². The van der Waals surface area contributed by atoms with Crippen molar-refractivity contribution >= 4 is 17.4 Å². The van der Waals surface area contributed by atoms with Gasteiger partial charge in [-0.15, -0.1) is 0 Å². The fourth-order valence-corrected chi connectivity index (χ4v) is 5.42. The molecule has 8 nitrogen and oxygen atoms in total. The number of rotatable bonds is 8. The third kappa shape index (κ3) is 6.75. The number of likely N-dealkylation sites (tertiary alicyclic amines) is 2. The highest BCUT2D eigenvalue weighted by Gasteiger charge is 2.32. The number of aromatic nitrogens is 2. The maximum Gasteiger partial charge on any atom is 0.225 e. The van der Waals surface area contributed by atoms with Crippen LogP contribution in [0.25, 0.3) is 0 Å². The van der Waals surface area contributed by atoms with Crippen molar-refractivity contribution in [2.75, 3.05) is 31.9 Å². The van der Waals surface area contributed by atoms with Gasteiger partial charge in [0.25, 0.3) is 0 Å². The number of nitrogen functional groups attached to an aromatic ring is 1. The Kier molecular flexibility index (Phi) is 8.60. The Hall–Kier alpha value is -3.78. The van der Waals surface area contributed by atoms with Crippen LogP contribution in [-0.4, -0.2) is 57.6 Å². The second kappa shape index (κ2) is 12.6. The first-order valence-electron chi connectivity index (χ1n) is 13.5. The molecule has 3 aromatic rings. The fraction of sp³-hybridized carbons (Fsp3) is 0.400. The van der Waals surface area contributed by atoms with E-state index in [0.717, 1.165) is 75.4 Å². The lowest BCUT2D eigenvalue weighted by Crippen LogP contribution is -2.46. The Morgan fingerprint density at radius 2 is 1.61 bits per heavy atom. The lowest BCUT2D eigenvalue weighted by atomic mass is 9.88. The molecule has 0 atom stereocenters. The number of carbonyl (C=O) groups is 1. The van der Waals surface area contributed by atoms with E-state index in [1.807, 2.05) is 60.7 Å². The molecule has 1 amide bonds. The van der Waals surface area contributed by atoms with Crippen molar-refractivity contribution in [2.45, 2.75) is 38.8 Å². The van der Waals surface area contributed by atoms with Crippen LogP contribution in [0.1, 0.15) is 42.5 Å². The van der Waals surface area contributed by atoms with Crippen molar-refractivity contribution < 1.29 is 9.63 Å². The third-order valence-corrected chi connectivity index (χ3v) is 7.55. The van der Waals surface area contributed by atoms with Crippen molar-refractivity contribution in [2.24, 2.45) is 17.0 Å². The quantitative estimate of drug-likeness (QED) is 0.360. The molecule has 0 bridgehead atoms. The minimum Gasteiger partial charge on any atom is -0.391 e. The first-order chi connectivity index (χ1) is 18.7. The van der Waals surface area contributed by atoms with Crippen molar-refractivity contribution in [1.29, 1.82) is 0 Å². The van der Waals surface area contributed by atoms with Crippen molar-refractivity contribution in [3.8, 4) is 0 Å². The van der Waals surface area contributed by atoms with Gasteiger partial charge in [-0.05, 0) is 74.2 Å². The van der Waals surface area contributed by atoms with Crippen LogP contribution in [0.5, 0.6) is 0 Å². The molecule has 8 heteroatoms. The monoisotopic (exact) mass is 512 g/mol. The topological polar surface area (TPSA) is 96.9 Å². The number of carbonyl (C=O) groups excluding carboxylic acids is 1. The van der Waals surface area contributed by atoms with E-state index in [2.05, 4.69) is 24.9 Å². The van der Waals surface area contributed by atoms with Crippen LogP contribution in [0.3, 0.4) is 0 Å². The zero-order valence-electron chi connectivity index (χ0n) is 21.8. The number of anilines is 1. The normalized spacial score (nSPS) is 17.9. The van der Waals surface area contributed by atoms with Gasteiger partial charge in [0.05, 0.1) is 5.69 Å². The van der Waals surface area contributed by atoms with Crippen LogP contribution < -0.4 is 5.73 Å². The second-order valence-corrected chi connectivity index (χ2v) is 10.2. The number of pyridine rings is 2. The van der Waals surface area contributed by atoms with E-state index in [9.17, 15) is 4.79 Å². The van der Waals surface area contributed by atoms with Gasteiger partial charge in [-0.1, -0.05) is 41.6 Å². The molecule has 2 aliphatic rings. The summed E-state index contributed by atoms with van der Waals surface area (Å²) >= 11 is 0. The fourth-order valence-electron chi connectivity index (χ4n) is 5.42. The first kappa shape index (κ1) is 25.9. The molecular formula is C30H36N6O2. The molecule has 4 heterocycles. The molecule has 0 radical (unpaired) electrons. The minimum absolute atomic E-state index is 0.100. The largest absolute Gasteiger partial charge is 0.391 e. The Balaban J connectivity index is 1.14.